The summed E-state index contributed by atoms with van der Waals surface area (Å²) in [5, 5.41) is 11.6. The van der Waals surface area contributed by atoms with E-state index in [0.717, 1.165) is 16.0 Å². The molecule has 1 amide bonds. The van der Waals surface area contributed by atoms with Gasteiger partial charge in [0.2, 0.25) is 5.91 Å². The number of benzene rings is 2. The Bertz CT molecular complexity index is 730. The van der Waals surface area contributed by atoms with Gasteiger partial charge in [-0.15, -0.1) is 11.8 Å². The number of carbonyl (C=O) groups excluding carboxylic acids is 1. The number of hydrogen-bond acceptors (Lipinski definition) is 4. The number of carboxylic acid groups (broad SMARTS) is 1. The lowest BCUT2D eigenvalue weighted by atomic mass is 10.1. The summed E-state index contributed by atoms with van der Waals surface area (Å²) >= 11 is 1.52. The first-order chi connectivity index (χ1) is 12.0. The largest absolute Gasteiger partial charge is 0.482 e. The molecule has 0 aliphatic carbocycles. The second kappa shape index (κ2) is 9.13. The van der Waals surface area contributed by atoms with Crippen molar-refractivity contribution in [2.45, 2.75) is 24.8 Å². The molecule has 0 aliphatic heterocycles. The minimum absolute atomic E-state index is 0.0352. The molecule has 0 bridgehead atoms. The van der Waals surface area contributed by atoms with Crippen LogP contribution in [0.3, 0.4) is 0 Å². The van der Waals surface area contributed by atoms with Crippen LogP contribution < -0.4 is 10.1 Å². The molecule has 2 aromatic rings. The lowest BCUT2D eigenvalue weighted by molar-refractivity contribution is -0.139. The lowest BCUT2D eigenvalue weighted by Gasteiger charge is -2.15. The lowest BCUT2D eigenvalue weighted by Crippen LogP contribution is -2.28. The highest BCUT2D eigenvalue weighted by atomic mass is 32.2. The van der Waals surface area contributed by atoms with Crippen molar-refractivity contribution < 1.29 is 19.4 Å². The number of thioether (sulfide) groups is 1. The monoisotopic (exact) mass is 359 g/mol. The molecule has 25 heavy (non-hydrogen) atoms. The maximum Gasteiger partial charge on any atom is 0.341 e. The summed E-state index contributed by atoms with van der Waals surface area (Å²) in [7, 11) is 0. The molecule has 0 aliphatic rings. The highest BCUT2D eigenvalue weighted by molar-refractivity contribution is 8.00. The van der Waals surface area contributed by atoms with E-state index in [1.165, 1.54) is 11.8 Å². The van der Waals surface area contributed by atoms with Crippen molar-refractivity contribution in [2.75, 3.05) is 12.4 Å². The smallest absolute Gasteiger partial charge is 0.341 e. The molecule has 2 N–H and O–H groups in total. The van der Waals surface area contributed by atoms with Crippen LogP contribution in [-0.2, 0) is 9.59 Å². The SMILES string of the molecule is Cc1ccccc1SCC(=O)NC(C)c1ccc(OCC(=O)O)cc1. The van der Waals surface area contributed by atoms with Gasteiger partial charge in [0.1, 0.15) is 5.75 Å². The fourth-order valence-electron chi connectivity index (χ4n) is 2.23. The van der Waals surface area contributed by atoms with Gasteiger partial charge in [0, 0.05) is 4.90 Å². The molecule has 2 rings (SSSR count). The van der Waals surface area contributed by atoms with Crippen molar-refractivity contribution in [3.05, 3.63) is 59.7 Å². The Balaban J connectivity index is 1.84. The third-order valence-corrected chi connectivity index (χ3v) is 4.75. The van der Waals surface area contributed by atoms with E-state index in [9.17, 15) is 9.59 Å². The molecule has 0 heterocycles. The molecule has 2 aromatic carbocycles. The third-order valence-electron chi connectivity index (χ3n) is 3.57. The number of hydrogen-bond donors (Lipinski definition) is 2. The highest BCUT2D eigenvalue weighted by Gasteiger charge is 2.11. The first kappa shape index (κ1) is 18.9. The minimum atomic E-state index is -1.02. The van der Waals surface area contributed by atoms with Crippen LogP contribution in [0.25, 0.3) is 0 Å². The second-order valence-electron chi connectivity index (χ2n) is 5.59. The van der Waals surface area contributed by atoms with E-state index in [4.69, 9.17) is 9.84 Å². The van der Waals surface area contributed by atoms with Crippen LogP contribution in [0.5, 0.6) is 5.75 Å². The summed E-state index contributed by atoms with van der Waals surface area (Å²) in [6.45, 7) is 3.56. The summed E-state index contributed by atoms with van der Waals surface area (Å²) in [6.07, 6.45) is 0. The quantitative estimate of drug-likeness (QED) is 0.706. The molecular formula is C19H21NO4S. The Hall–Kier alpha value is -2.47. The molecule has 0 radical (unpaired) electrons. The van der Waals surface area contributed by atoms with Gasteiger partial charge < -0.3 is 15.2 Å². The Labute approximate surface area is 151 Å². The zero-order valence-corrected chi connectivity index (χ0v) is 15.0. The Morgan fingerprint density at radius 1 is 1.16 bits per heavy atom. The van der Waals surface area contributed by atoms with E-state index in [-0.39, 0.29) is 18.6 Å². The zero-order chi connectivity index (χ0) is 18.2. The van der Waals surface area contributed by atoms with Crippen molar-refractivity contribution in [3.63, 3.8) is 0 Å². The first-order valence-corrected chi connectivity index (χ1v) is 8.86. The maximum absolute atomic E-state index is 12.1. The van der Waals surface area contributed by atoms with E-state index < -0.39 is 5.97 Å². The fourth-order valence-corrected chi connectivity index (χ4v) is 3.07. The molecule has 1 unspecified atom stereocenters. The van der Waals surface area contributed by atoms with Gasteiger partial charge in [-0.3, -0.25) is 4.79 Å². The van der Waals surface area contributed by atoms with Crippen LogP contribution in [0.1, 0.15) is 24.1 Å². The predicted molar refractivity (Wildman–Crippen MR) is 98.0 cm³/mol. The Kier molecular flexibility index (Phi) is 6.89. The average Bonchev–Trinajstić information content (AvgIpc) is 2.59. The van der Waals surface area contributed by atoms with Crippen molar-refractivity contribution >= 4 is 23.6 Å². The predicted octanol–water partition coefficient (Wildman–Crippen LogP) is 3.43. The molecule has 5 nitrogen and oxygen atoms in total. The van der Waals surface area contributed by atoms with Gasteiger partial charge in [0.15, 0.2) is 6.61 Å². The van der Waals surface area contributed by atoms with E-state index in [1.54, 1.807) is 12.1 Å². The molecule has 6 heteroatoms. The number of carbonyl (C=O) groups is 2. The topological polar surface area (TPSA) is 75.6 Å². The number of ether oxygens (including phenoxy) is 1. The van der Waals surface area contributed by atoms with Crippen molar-refractivity contribution in [1.82, 2.24) is 5.32 Å². The normalized spacial score (nSPS) is 11.6. The average molecular weight is 359 g/mol. The van der Waals surface area contributed by atoms with Gasteiger partial charge in [0.25, 0.3) is 0 Å². The molecule has 0 spiro atoms. The highest BCUT2D eigenvalue weighted by Crippen LogP contribution is 2.22. The number of aliphatic carboxylic acids is 1. The van der Waals surface area contributed by atoms with Gasteiger partial charge in [0.05, 0.1) is 11.8 Å². The summed E-state index contributed by atoms with van der Waals surface area (Å²) < 4.78 is 5.09. The van der Waals surface area contributed by atoms with Crippen LogP contribution >= 0.6 is 11.8 Å². The van der Waals surface area contributed by atoms with Gasteiger partial charge >= 0.3 is 5.97 Å². The fraction of sp³-hybridized carbons (Fsp3) is 0.263. The van der Waals surface area contributed by atoms with Gasteiger partial charge in [-0.25, -0.2) is 4.79 Å². The summed E-state index contributed by atoms with van der Waals surface area (Å²) in [5.74, 6) is -0.211. The molecule has 0 aromatic heterocycles. The third kappa shape index (κ3) is 6.15. The van der Waals surface area contributed by atoms with Crippen LogP contribution in [0, 0.1) is 6.92 Å². The number of amides is 1. The van der Waals surface area contributed by atoms with Crippen LogP contribution in [0.4, 0.5) is 0 Å². The number of nitrogens with one attached hydrogen (secondary N) is 1. The molecule has 132 valence electrons. The molecule has 0 fully saturated rings. The maximum atomic E-state index is 12.1. The van der Waals surface area contributed by atoms with E-state index >= 15 is 0 Å². The van der Waals surface area contributed by atoms with E-state index in [0.29, 0.717) is 11.5 Å². The van der Waals surface area contributed by atoms with E-state index in [1.807, 2.05) is 50.2 Å². The second-order valence-corrected chi connectivity index (χ2v) is 6.61. The van der Waals surface area contributed by atoms with Crippen LogP contribution in [0.15, 0.2) is 53.4 Å². The Morgan fingerprint density at radius 2 is 1.84 bits per heavy atom. The summed E-state index contributed by atoms with van der Waals surface area (Å²) in [6, 6.07) is 14.9. The van der Waals surface area contributed by atoms with Gasteiger partial charge in [-0.1, -0.05) is 30.3 Å². The molecule has 0 saturated heterocycles. The van der Waals surface area contributed by atoms with E-state index in [2.05, 4.69) is 5.32 Å². The van der Waals surface area contributed by atoms with Crippen molar-refractivity contribution in [1.29, 1.82) is 0 Å². The number of rotatable bonds is 8. The molecule has 1 atom stereocenters. The number of carboxylic acids is 1. The summed E-state index contributed by atoms with van der Waals surface area (Å²) in [5.41, 5.74) is 2.09. The number of aryl methyl sites for hydroxylation is 1. The molecule has 0 saturated carbocycles. The van der Waals surface area contributed by atoms with Crippen molar-refractivity contribution in [3.8, 4) is 5.75 Å². The molecular weight excluding hydrogens is 338 g/mol. The summed E-state index contributed by atoms with van der Waals surface area (Å²) in [4.78, 5) is 23.7. The van der Waals surface area contributed by atoms with Crippen LogP contribution in [-0.4, -0.2) is 29.3 Å². The zero-order valence-electron chi connectivity index (χ0n) is 14.2. The first-order valence-electron chi connectivity index (χ1n) is 7.88. The van der Waals surface area contributed by atoms with Crippen molar-refractivity contribution in [2.24, 2.45) is 0 Å². The van der Waals surface area contributed by atoms with Crippen LogP contribution in [0.2, 0.25) is 0 Å². The van der Waals surface area contributed by atoms with Gasteiger partial charge in [-0.05, 0) is 43.2 Å². The standard InChI is InChI=1S/C19H21NO4S/c1-13-5-3-4-6-17(13)25-12-18(21)20-14(2)15-7-9-16(10-8-15)24-11-19(22)23/h3-10,14H,11-12H2,1-2H3,(H,20,21)(H,22,23). The minimum Gasteiger partial charge on any atom is -0.482 e. The van der Waals surface area contributed by atoms with Gasteiger partial charge in [-0.2, -0.15) is 0 Å². The Morgan fingerprint density at radius 3 is 2.48 bits per heavy atom.